The van der Waals surface area contributed by atoms with Gasteiger partial charge in [0, 0.05) is 0 Å². The zero-order valence-corrected chi connectivity index (χ0v) is 29.7. The number of ether oxygens (including phenoxy) is 2. The Hall–Kier alpha value is -1.41. The molecule has 9 unspecified atom stereocenters. The zero-order chi connectivity index (χ0) is 35.6. The lowest BCUT2D eigenvalue weighted by atomic mass is 9.98. The molecular formula is C37H69NO10. The molecule has 11 heteroatoms. The van der Waals surface area contributed by atoms with E-state index in [9.17, 15) is 40.5 Å². The molecule has 1 aliphatic heterocycles. The molecule has 0 spiro atoms. The maximum absolute atomic E-state index is 12.9. The monoisotopic (exact) mass is 687 g/mol. The maximum atomic E-state index is 12.9. The first-order chi connectivity index (χ1) is 23.2. The molecule has 8 N–H and O–H groups in total. The first-order valence-corrected chi connectivity index (χ1v) is 18.7. The van der Waals surface area contributed by atoms with Gasteiger partial charge in [0.15, 0.2) is 6.29 Å². The van der Waals surface area contributed by atoms with Crippen molar-refractivity contribution in [1.82, 2.24) is 5.32 Å². The Labute approximate surface area is 289 Å². The molecule has 0 saturated carbocycles. The third-order valence-corrected chi connectivity index (χ3v) is 8.98. The van der Waals surface area contributed by atoms with Crippen LogP contribution in [-0.2, 0) is 14.3 Å². The van der Waals surface area contributed by atoms with Crippen LogP contribution in [0.25, 0.3) is 0 Å². The fourth-order valence-electron chi connectivity index (χ4n) is 5.73. The van der Waals surface area contributed by atoms with Gasteiger partial charge in [-0.2, -0.15) is 0 Å². The Morgan fingerprint density at radius 2 is 1.25 bits per heavy atom. The van der Waals surface area contributed by atoms with Gasteiger partial charge in [0.05, 0.1) is 25.4 Å². The molecule has 1 heterocycles. The van der Waals surface area contributed by atoms with E-state index in [0.29, 0.717) is 19.3 Å². The van der Waals surface area contributed by atoms with E-state index in [-0.39, 0.29) is 12.8 Å². The SMILES string of the molecule is CCCC/C=C/CC/C=C/CCCC(O)C(O)C(COC1OC(CO)C(O)C(O)C1O)NC(=O)C(O)CCCCCCCCCCCC. The standard InChI is InChI=1S/C37H69NO10/c1-3-5-7-9-11-13-15-17-18-20-22-24-29(40)32(42)28(27-47-37-35(45)34(44)33(43)31(26-39)48-37)38-36(46)30(41)25-23-21-19-16-14-12-10-8-6-4-2/h9,11,17-18,28-35,37,39-45H,3-8,10,12-16,19-27H2,1-2H3,(H,38,46)/b11-9+,18-17+. The molecule has 0 aromatic carbocycles. The zero-order valence-electron chi connectivity index (χ0n) is 29.7. The molecule has 0 aromatic rings. The van der Waals surface area contributed by atoms with Gasteiger partial charge >= 0.3 is 0 Å². The quantitative estimate of drug-likeness (QED) is 0.0423. The molecule has 1 rings (SSSR count). The third-order valence-electron chi connectivity index (χ3n) is 8.98. The van der Waals surface area contributed by atoms with Gasteiger partial charge in [-0.05, 0) is 44.9 Å². The summed E-state index contributed by atoms with van der Waals surface area (Å²) < 4.78 is 11.0. The predicted molar refractivity (Wildman–Crippen MR) is 187 cm³/mol. The average molecular weight is 688 g/mol. The number of unbranched alkanes of at least 4 members (excludes halogenated alkanes) is 13. The molecule has 48 heavy (non-hydrogen) atoms. The number of hydrogen-bond acceptors (Lipinski definition) is 10. The van der Waals surface area contributed by atoms with Gasteiger partial charge in [0.1, 0.15) is 36.6 Å². The molecule has 1 amide bonds. The van der Waals surface area contributed by atoms with Crippen molar-refractivity contribution in [3.63, 3.8) is 0 Å². The van der Waals surface area contributed by atoms with Crippen molar-refractivity contribution < 1.29 is 50.0 Å². The number of hydrogen-bond donors (Lipinski definition) is 8. The highest BCUT2D eigenvalue weighted by Crippen LogP contribution is 2.23. The van der Waals surface area contributed by atoms with Gasteiger partial charge in [-0.1, -0.05) is 115 Å². The lowest BCUT2D eigenvalue weighted by molar-refractivity contribution is -0.303. The summed E-state index contributed by atoms with van der Waals surface area (Å²) in [6.07, 6.45) is 15.4. The van der Waals surface area contributed by atoms with Gasteiger partial charge in [-0.25, -0.2) is 0 Å². The van der Waals surface area contributed by atoms with Crippen molar-refractivity contribution >= 4 is 5.91 Å². The normalized spacial score (nSPS) is 24.2. The first-order valence-electron chi connectivity index (χ1n) is 18.7. The predicted octanol–water partition coefficient (Wildman–Crippen LogP) is 3.93. The summed E-state index contributed by atoms with van der Waals surface area (Å²) in [5, 5.41) is 75.0. The third kappa shape index (κ3) is 19.1. The van der Waals surface area contributed by atoms with Gasteiger partial charge in [0.2, 0.25) is 5.91 Å². The van der Waals surface area contributed by atoms with Crippen LogP contribution >= 0.6 is 0 Å². The van der Waals surface area contributed by atoms with Crippen LogP contribution in [0.2, 0.25) is 0 Å². The summed E-state index contributed by atoms with van der Waals surface area (Å²) in [6.45, 7) is 3.30. The van der Waals surface area contributed by atoms with Crippen LogP contribution in [0.1, 0.15) is 136 Å². The van der Waals surface area contributed by atoms with Crippen molar-refractivity contribution in [2.75, 3.05) is 13.2 Å². The molecule has 1 saturated heterocycles. The van der Waals surface area contributed by atoms with Crippen LogP contribution in [0, 0.1) is 0 Å². The number of carbonyl (C=O) groups excluding carboxylic acids is 1. The van der Waals surface area contributed by atoms with Gasteiger partial charge in [0.25, 0.3) is 0 Å². The van der Waals surface area contributed by atoms with Crippen molar-refractivity contribution in [3.8, 4) is 0 Å². The van der Waals surface area contributed by atoms with Crippen molar-refractivity contribution in [2.45, 2.75) is 191 Å². The highest BCUT2D eigenvalue weighted by atomic mass is 16.7. The van der Waals surface area contributed by atoms with Crippen LogP contribution in [0.15, 0.2) is 24.3 Å². The second kappa shape index (κ2) is 28.3. The molecule has 0 bridgehead atoms. The van der Waals surface area contributed by atoms with E-state index < -0.39 is 74.2 Å². The summed E-state index contributed by atoms with van der Waals surface area (Å²) in [7, 11) is 0. The first kappa shape index (κ1) is 44.6. The molecule has 0 aliphatic carbocycles. The van der Waals surface area contributed by atoms with E-state index >= 15 is 0 Å². The molecule has 0 radical (unpaired) electrons. The van der Waals surface area contributed by atoms with Gasteiger partial charge in [-0.3, -0.25) is 4.79 Å². The Morgan fingerprint density at radius 1 is 0.708 bits per heavy atom. The van der Waals surface area contributed by atoms with Gasteiger partial charge < -0.3 is 50.5 Å². The number of carbonyl (C=O) groups is 1. The van der Waals surface area contributed by atoms with E-state index in [1.807, 2.05) is 6.08 Å². The van der Waals surface area contributed by atoms with Gasteiger partial charge in [-0.15, -0.1) is 0 Å². The van der Waals surface area contributed by atoms with E-state index in [1.54, 1.807) is 0 Å². The van der Waals surface area contributed by atoms with Crippen LogP contribution < -0.4 is 5.32 Å². The molecular weight excluding hydrogens is 618 g/mol. The second-order valence-corrected chi connectivity index (χ2v) is 13.3. The number of aliphatic hydroxyl groups excluding tert-OH is 7. The number of amides is 1. The Morgan fingerprint density at radius 3 is 1.83 bits per heavy atom. The summed E-state index contributed by atoms with van der Waals surface area (Å²) in [6, 6.07) is -1.18. The summed E-state index contributed by atoms with van der Waals surface area (Å²) in [4.78, 5) is 12.9. The minimum absolute atomic E-state index is 0.246. The molecule has 0 aromatic heterocycles. The van der Waals surface area contributed by atoms with E-state index in [0.717, 1.165) is 38.5 Å². The lowest BCUT2D eigenvalue weighted by Gasteiger charge is -2.40. The second-order valence-electron chi connectivity index (χ2n) is 13.3. The molecule has 282 valence electrons. The number of aliphatic hydroxyl groups is 7. The lowest BCUT2D eigenvalue weighted by Crippen LogP contribution is -2.60. The van der Waals surface area contributed by atoms with Crippen molar-refractivity contribution in [1.29, 1.82) is 0 Å². The Balaban J connectivity index is 2.64. The number of nitrogens with one attached hydrogen (secondary N) is 1. The number of allylic oxidation sites excluding steroid dienone is 4. The average Bonchev–Trinajstić information content (AvgIpc) is 3.08. The minimum Gasteiger partial charge on any atom is -0.394 e. The molecule has 1 aliphatic rings. The molecule has 11 nitrogen and oxygen atoms in total. The van der Waals surface area contributed by atoms with E-state index in [1.165, 1.54) is 51.4 Å². The largest absolute Gasteiger partial charge is 0.394 e. The summed E-state index contributed by atoms with van der Waals surface area (Å²) >= 11 is 0. The highest BCUT2D eigenvalue weighted by molar-refractivity contribution is 5.80. The summed E-state index contributed by atoms with van der Waals surface area (Å²) in [5.41, 5.74) is 0. The number of rotatable bonds is 29. The van der Waals surface area contributed by atoms with Crippen LogP contribution in [0.3, 0.4) is 0 Å². The molecule has 1 fully saturated rings. The highest BCUT2D eigenvalue weighted by Gasteiger charge is 2.44. The smallest absolute Gasteiger partial charge is 0.249 e. The van der Waals surface area contributed by atoms with Crippen molar-refractivity contribution in [3.05, 3.63) is 24.3 Å². The maximum Gasteiger partial charge on any atom is 0.249 e. The fraction of sp³-hybridized carbons (Fsp3) is 0.865. The summed E-state index contributed by atoms with van der Waals surface area (Å²) in [5.74, 6) is -0.716. The Bertz CT molecular complexity index is 841. The van der Waals surface area contributed by atoms with Crippen LogP contribution in [0.4, 0.5) is 0 Å². The molecule has 9 atom stereocenters. The minimum atomic E-state index is -1.67. The van der Waals surface area contributed by atoms with E-state index in [2.05, 4.69) is 37.4 Å². The van der Waals surface area contributed by atoms with E-state index in [4.69, 9.17) is 9.47 Å². The fourth-order valence-corrected chi connectivity index (χ4v) is 5.73. The topological polar surface area (TPSA) is 189 Å². The Kier molecular flexibility index (Phi) is 26.3. The van der Waals surface area contributed by atoms with Crippen LogP contribution in [0.5, 0.6) is 0 Å². The van der Waals surface area contributed by atoms with Crippen LogP contribution in [-0.4, -0.2) is 110 Å². The van der Waals surface area contributed by atoms with Crippen molar-refractivity contribution in [2.24, 2.45) is 0 Å².